The van der Waals surface area contributed by atoms with Crippen LogP contribution >= 0.6 is 24.0 Å². The Kier molecular flexibility index (Phi) is 11.0. The van der Waals surface area contributed by atoms with Crippen LogP contribution in [0.5, 0.6) is 0 Å². The smallest absolute Gasteiger partial charge is 0.191 e. The molecule has 27 heavy (non-hydrogen) atoms. The molecule has 2 rings (SSSR count). The fourth-order valence-corrected chi connectivity index (χ4v) is 2.82. The van der Waals surface area contributed by atoms with Crippen LogP contribution in [0.3, 0.4) is 0 Å². The van der Waals surface area contributed by atoms with Crippen molar-refractivity contribution in [3.05, 3.63) is 47.3 Å². The molecule has 0 aliphatic rings. The van der Waals surface area contributed by atoms with Crippen LogP contribution in [0.1, 0.15) is 36.7 Å². The predicted molar refractivity (Wildman–Crippen MR) is 122 cm³/mol. The van der Waals surface area contributed by atoms with E-state index in [0.29, 0.717) is 6.54 Å². The van der Waals surface area contributed by atoms with Crippen molar-refractivity contribution in [2.24, 2.45) is 4.99 Å². The molecule has 0 saturated carbocycles. The third kappa shape index (κ3) is 7.14. The third-order valence-corrected chi connectivity index (χ3v) is 4.31. The van der Waals surface area contributed by atoms with E-state index in [1.54, 1.807) is 7.05 Å². The molecule has 2 N–H and O–H groups in total. The van der Waals surface area contributed by atoms with Crippen molar-refractivity contribution in [2.45, 2.75) is 40.2 Å². The minimum Gasteiger partial charge on any atom is -0.382 e. The molecule has 2 aromatic rings. The first kappa shape index (κ1) is 23.4. The van der Waals surface area contributed by atoms with E-state index in [4.69, 9.17) is 9.84 Å². The van der Waals surface area contributed by atoms with E-state index in [2.05, 4.69) is 34.7 Å². The Morgan fingerprint density at radius 3 is 2.56 bits per heavy atom. The molecular weight excluding hydrogens is 453 g/mol. The Labute approximate surface area is 179 Å². The zero-order valence-corrected chi connectivity index (χ0v) is 19.1. The molecule has 0 atom stereocenters. The van der Waals surface area contributed by atoms with Gasteiger partial charge in [0.1, 0.15) is 0 Å². The number of ether oxygens (including phenoxy) is 1. The quantitative estimate of drug-likeness (QED) is 0.247. The lowest BCUT2D eigenvalue weighted by Gasteiger charge is -2.12. The van der Waals surface area contributed by atoms with Gasteiger partial charge in [-0.15, -0.1) is 24.0 Å². The van der Waals surface area contributed by atoms with Gasteiger partial charge >= 0.3 is 0 Å². The number of nitrogens with zero attached hydrogens (tertiary/aromatic N) is 3. The summed E-state index contributed by atoms with van der Waals surface area (Å²) < 4.78 is 7.35. The van der Waals surface area contributed by atoms with E-state index in [9.17, 15) is 0 Å². The predicted octanol–water partition coefficient (Wildman–Crippen LogP) is 3.59. The number of hydrogen-bond donors (Lipinski definition) is 2. The zero-order valence-electron chi connectivity index (χ0n) is 16.8. The van der Waals surface area contributed by atoms with Gasteiger partial charge in [0.05, 0.1) is 11.4 Å². The van der Waals surface area contributed by atoms with E-state index in [-0.39, 0.29) is 24.0 Å². The molecular formula is C20H32IN5O. The molecule has 150 valence electrons. The average molecular weight is 485 g/mol. The molecule has 6 nitrogen and oxygen atoms in total. The first-order valence-corrected chi connectivity index (χ1v) is 9.30. The van der Waals surface area contributed by atoms with Crippen LogP contribution in [-0.4, -0.2) is 42.5 Å². The van der Waals surface area contributed by atoms with Crippen molar-refractivity contribution in [3.8, 4) is 5.69 Å². The minimum atomic E-state index is 0. The Bertz CT molecular complexity index is 700. The Morgan fingerprint density at radius 1 is 1.15 bits per heavy atom. The van der Waals surface area contributed by atoms with Crippen LogP contribution in [0.25, 0.3) is 5.69 Å². The number of guanidine groups is 1. The molecule has 0 radical (unpaired) electrons. The summed E-state index contributed by atoms with van der Waals surface area (Å²) in [6.07, 6.45) is 2.12. The van der Waals surface area contributed by atoms with Crippen molar-refractivity contribution >= 4 is 29.9 Å². The molecule has 0 spiro atoms. The Morgan fingerprint density at radius 2 is 1.89 bits per heavy atom. The molecule has 0 aliphatic carbocycles. The minimum absolute atomic E-state index is 0. The maximum atomic E-state index is 5.35. The molecule has 1 heterocycles. The summed E-state index contributed by atoms with van der Waals surface area (Å²) >= 11 is 0. The average Bonchev–Trinajstić information content (AvgIpc) is 2.95. The van der Waals surface area contributed by atoms with Gasteiger partial charge in [0.25, 0.3) is 0 Å². The highest BCUT2D eigenvalue weighted by atomic mass is 127. The van der Waals surface area contributed by atoms with Crippen molar-refractivity contribution in [1.29, 1.82) is 0 Å². The number of unbranched alkanes of at least 4 members (excludes halogenated alkanes) is 1. The van der Waals surface area contributed by atoms with Gasteiger partial charge in [-0.2, -0.15) is 5.10 Å². The Balaban J connectivity index is 0.00000364. The van der Waals surface area contributed by atoms with E-state index in [0.717, 1.165) is 55.6 Å². The lowest BCUT2D eigenvalue weighted by atomic mass is 10.2. The second-order valence-corrected chi connectivity index (χ2v) is 6.15. The van der Waals surface area contributed by atoms with Gasteiger partial charge < -0.3 is 15.4 Å². The van der Waals surface area contributed by atoms with Crippen LogP contribution in [-0.2, 0) is 11.3 Å². The first-order valence-electron chi connectivity index (χ1n) is 9.30. The normalized spacial score (nSPS) is 11.2. The summed E-state index contributed by atoms with van der Waals surface area (Å²) in [6.45, 7) is 9.36. The third-order valence-electron chi connectivity index (χ3n) is 4.31. The molecule has 1 aromatic carbocycles. The Hall–Kier alpha value is -1.61. The number of nitrogens with one attached hydrogen (secondary N) is 2. The van der Waals surface area contributed by atoms with Crippen molar-refractivity contribution in [1.82, 2.24) is 20.4 Å². The summed E-state index contributed by atoms with van der Waals surface area (Å²) in [7, 11) is 1.79. The van der Waals surface area contributed by atoms with Crippen LogP contribution < -0.4 is 10.6 Å². The van der Waals surface area contributed by atoms with Gasteiger partial charge in [0, 0.05) is 44.6 Å². The van der Waals surface area contributed by atoms with E-state index < -0.39 is 0 Å². The van der Waals surface area contributed by atoms with Crippen LogP contribution in [0.2, 0.25) is 0 Å². The lowest BCUT2D eigenvalue weighted by molar-refractivity contribution is 0.143. The van der Waals surface area contributed by atoms with Gasteiger partial charge in [-0.3, -0.25) is 4.99 Å². The molecule has 1 aromatic heterocycles. The molecule has 0 amide bonds. The summed E-state index contributed by atoms with van der Waals surface area (Å²) in [5.41, 5.74) is 4.46. The molecule has 0 fully saturated rings. The number of aliphatic imine (C=N–C) groups is 1. The SMILES string of the molecule is CCOCCCCNC(=NC)NCc1c(C)nn(-c2ccccc2)c1C.I. The number of para-hydroxylation sites is 1. The topological polar surface area (TPSA) is 63.5 Å². The molecule has 0 aliphatic heterocycles. The fraction of sp³-hybridized carbons (Fsp3) is 0.500. The van der Waals surface area contributed by atoms with E-state index >= 15 is 0 Å². The number of aromatic nitrogens is 2. The highest BCUT2D eigenvalue weighted by Crippen LogP contribution is 2.17. The van der Waals surface area contributed by atoms with Crippen molar-refractivity contribution < 1.29 is 4.74 Å². The number of rotatable bonds is 9. The molecule has 0 bridgehead atoms. The van der Waals surface area contributed by atoms with Crippen LogP contribution in [0, 0.1) is 13.8 Å². The van der Waals surface area contributed by atoms with E-state index in [1.807, 2.05) is 36.7 Å². The lowest BCUT2D eigenvalue weighted by Crippen LogP contribution is -2.37. The fourth-order valence-electron chi connectivity index (χ4n) is 2.82. The second kappa shape index (κ2) is 12.7. The molecule has 7 heteroatoms. The summed E-state index contributed by atoms with van der Waals surface area (Å²) in [5, 5.41) is 11.4. The number of halogens is 1. The maximum absolute atomic E-state index is 5.35. The van der Waals surface area contributed by atoms with Crippen molar-refractivity contribution in [2.75, 3.05) is 26.8 Å². The van der Waals surface area contributed by atoms with E-state index in [1.165, 1.54) is 5.56 Å². The molecule has 0 unspecified atom stereocenters. The number of benzene rings is 1. The maximum Gasteiger partial charge on any atom is 0.191 e. The summed E-state index contributed by atoms with van der Waals surface area (Å²) in [4.78, 5) is 4.30. The zero-order chi connectivity index (χ0) is 18.8. The highest BCUT2D eigenvalue weighted by Gasteiger charge is 2.13. The number of hydrogen-bond acceptors (Lipinski definition) is 3. The summed E-state index contributed by atoms with van der Waals surface area (Å²) in [5.74, 6) is 0.813. The van der Waals surface area contributed by atoms with Gasteiger partial charge in [-0.05, 0) is 45.7 Å². The standard InChI is InChI=1S/C20H31N5O.HI/c1-5-26-14-10-9-13-22-20(21-4)23-15-19-16(2)24-25(17(19)3)18-11-7-6-8-12-18;/h6-8,11-12H,5,9-10,13-15H2,1-4H3,(H2,21,22,23);1H. The monoisotopic (exact) mass is 485 g/mol. The largest absolute Gasteiger partial charge is 0.382 e. The van der Waals surface area contributed by atoms with Gasteiger partial charge in [-0.25, -0.2) is 4.68 Å². The first-order chi connectivity index (χ1) is 12.7. The van der Waals surface area contributed by atoms with Crippen LogP contribution in [0.15, 0.2) is 35.3 Å². The van der Waals surface area contributed by atoms with Gasteiger partial charge in [0.2, 0.25) is 0 Å². The second-order valence-electron chi connectivity index (χ2n) is 6.15. The number of aryl methyl sites for hydroxylation is 1. The van der Waals surface area contributed by atoms with Gasteiger partial charge in [0.15, 0.2) is 5.96 Å². The molecule has 0 saturated heterocycles. The van der Waals surface area contributed by atoms with Gasteiger partial charge in [-0.1, -0.05) is 18.2 Å². The van der Waals surface area contributed by atoms with Crippen LogP contribution in [0.4, 0.5) is 0 Å². The van der Waals surface area contributed by atoms with Crippen molar-refractivity contribution in [3.63, 3.8) is 0 Å². The summed E-state index contributed by atoms with van der Waals surface area (Å²) in [6, 6.07) is 10.2. The highest BCUT2D eigenvalue weighted by molar-refractivity contribution is 14.0.